The fourth-order valence-corrected chi connectivity index (χ4v) is 6.24. The summed E-state index contributed by atoms with van der Waals surface area (Å²) in [7, 11) is 1.79. The van der Waals surface area contributed by atoms with Crippen LogP contribution in [0.1, 0.15) is 39.5 Å². The first-order valence-electron chi connectivity index (χ1n) is 12.1. The van der Waals surface area contributed by atoms with Gasteiger partial charge in [-0.25, -0.2) is 0 Å². The number of hydrogen-bond acceptors (Lipinski definition) is 6. The molecule has 9 nitrogen and oxygen atoms in total. The molecule has 35 heavy (non-hydrogen) atoms. The molecule has 4 aromatic rings. The van der Waals surface area contributed by atoms with E-state index in [2.05, 4.69) is 15.0 Å². The Kier molecular flexibility index (Phi) is 5.04. The van der Waals surface area contributed by atoms with Crippen molar-refractivity contribution in [1.29, 1.82) is 0 Å². The number of aromatic amines is 1. The number of nitrogens with two attached hydrogens (primary N) is 1. The molecule has 3 atom stereocenters. The summed E-state index contributed by atoms with van der Waals surface area (Å²) in [5.74, 6) is 0.699. The first-order chi connectivity index (χ1) is 16.6. The minimum absolute atomic E-state index is 0.107. The van der Waals surface area contributed by atoms with Gasteiger partial charge in [-0.1, -0.05) is 17.7 Å². The number of aromatic nitrogens is 5. The zero-order valence-electron chi connectivity index (χ0n) is 20.1. The number of hydrogen-bond donors (Lipinski definition) is 3. The molecule has 2 bridgehead atoms. The van der Waals surface area contributed by atoms with Crippen LogP contribution in [0.15, 0.2) is 29.3 Å². The average molecular weight is 496 g/mol. The number of nitrogens with one attached hydrogen (secondary N) is 1. The van der Waals surface area contributed by atoms with E-state index in [1.54, 1.807) is 36.3 Å². The first kappa shape index (κ1) is 22.6. The quantitative estimate of drug-likeness (QED) is 0.400. The monoisotopic (exact) mass is 495 g/mol. The van der Waals surface area contributed by atoms with Gasteiger partial charge in [0.05, 0.1) is 28.1 Å². The Morgan fingerprint density at radius 3 is 2.63 bits per heavy atom. The third-order valence-corrected chi connectivity index (χ3v) is 7.81. The molecule has 0 amide bonds. The van der Waals surface area contributed by atoms with E-state index < -0.39 is 5.60 Å². The van der Waals surface area contributed by atoms with Gasteiger partial charge in [-0.15, -0.1) is 0 Å². The smallest absolute Gasteiger partial charge is 0.264 e. The lowest BCUT2D eigenvalue weighted by Gasteiger charge is -2.38. The fourth-order valence-electron chi connectivity index (χ4n) is 5.93. The molecule has 6 rings (SSSR count). The van der Waals surface area contributed by atoms with Crippen LogP contribution in [0.5, 0.6) is 0 Å². The fraction of sp³-hybridized carbons (Fsp3) is 0.480. The number of nitrogens with zero attached hydrogens (tertiary/aromatic N) is 5. The van der Waals surface area contributed by atoms with Crippen molar-refractivity contribution >= 4 is 39.5 Å². The maximum atomic E-state index is 13.6. The molecule has 2 aliphatic rings. The van der Waals surface area contributed by atoms with Crippen LogP contribution in [0.4, 0.5) is 5.95 Å². The number of H-pyrrole nitrogens is 1. The maximum absolute atomic E-state index is 13.6. The number of piperidine rings is 1. The summed E-state index contributed by atoms with van der Waals surface area (Å²) in [5, 5.41) is 16.5. The lowest BCUT2D eigenvalue weighted by Crippen LogP contribution is -2.49. The summed E-state index contributed by atoms with van der Waals surface area (Å²) in [6.45, 7) is 3.81. The molecule has 0 saturated carbocycles. The predicted molar refractivity (Wildman–Crippen MR) is 138 cm³/mol. The molecule has 0 radical (unpaired) electrons. The van der Waals surface area contributed by atoms with E-state index >= 15 is 0 Å². The molecule has 1 aromatic carbocycles. The van der Waals surface area contributed by atoms with Crippen molar-refractivity contribution in [3.05, 3.63) is 39.9 Å². The van der Waals surface area contributed by atoms with Gasteiger partial charge in [0.15, 0.2) is 0 Å². The first-order valence-corrected chi connectivity index (χ1v) is 12.5. The van der Waals surface area contributed by atoms with Crippen molar-refractivity contribution in [3.63, 3.8) is 0 Å². The molecular formula is C25H30ClN7O2. The Labute approximate surface area is 207 Å². The molecular weight excluding hydrogens is 466 g/mol. The van der Waals surface area contributed by atoms with Crippen molar-refractivity contribution in [3.8, 4) is 11.1 Å². The normalized spacial score (nSPS) is 22.6. The van der Waals surface area contributed by atoms with Gasteiger partial charge in [0.1, 0.15) is 5.65 Å². The van der Waals surface area contributed by atoms with Crippen LogP contribution >= 0.6 is 11.6 Å². The highest BCUT2D eigenvalue weighted by atomic mass is 35.5. The highest BCUT2D eigenvalue weighted by Crippen LogP contribution is 2.40. The number of aliphatic hydroxyl groups is 1. The summed E-state index contributed by atoms with van der Waals surface area (Å²) in [6, 6.07) is 4.63. The van der Waals surface area contributed by atoms with Gasteiger partial charge in [-0.05, 0) is 45.6 Å². The summed E-state index contributed by atoms with van der Waals surface area (Å²) >= 11 is 6.84. The molecule has 0 unspecified atom stereocenters. The number of fused-ring (bicyclic) bond motifs is 4. The second-order valence-electron chi connectivity index (χ2n) is 10.7. The third kappa shape index (κ3) is 3.64. The van der Waals surface area contributed by atoms with E-state index in [4.69, 9.17) is 22.3 Å². The maximum Gasteiger partial charge on any atom is 0.264 e. The lowest BCUT2D eigenvalue weighted by atomic mass is 9.98. The summed E-state index contributed by atoms with van der Waals surface area (Å²) in [6.07, 6.45) is 7.66. The summed E-state index contributed by atoms with van der Waals surface area (Å²) < 4.78 is 3.36. The van der Waals surface area contributed by atoms with Crippen molar-refractivity contribution in [2.45, 2.75) is 69.8 Å². The Hall–Kier alpha value is -2.88. The second-order valence-corrected chi connectivity index (χ2v) is 11.1. The number of anilines is 1. The van der Waals surface area contributed by atoms with E-state index in [9.17, 15) is 9.90 Å². The van der Waals surface area contributed by atoms with Gasteiger partial charge in [0.2, 0.25) is 5.95 Å². The van der Waals surface area contributed by atoms with Crippen molar-refractivity contribution in [2.75, 3.05) is 4.90 Å². The van der Waals surface area contributed by atoms with Crippen molar-refractivity contribution < 1.29 is 5.11 Å². The molecule has 184 valence electrons. The van der Waals surface area contributed by atoms with E-state index in [0.29, 0.717) is 46.2 Å². The minimum atomic E-state index is -0.900. The van der Waals surface area contributed by atoms with E-state index in [1.807, 2.05) is 18.3 Å². The summed E-state index contributed by atoms with van der Waals surface area (Å²) in [4.78, 5) is 24.1. The molecule has 3 aromatic heterocycles. The van der Waals surface area contributed by atoms with Crippen LogP contribution in [-0.2, 0) is 13.6 Å². The second kappa shape index (κ2) is 7.81. The van der Waals surface area contributed by atoms with Crippen LogP contribution < -0.4 is 16.2 Å². The number of halogens is 1. The minimum Gasteiger partial charge on any atom is -0.389 e. The molecule has 0 aliphatic carbocycles. The Balaban J connectivity index is 1.45. The third-order valence-electron chi connectivity index (χ3n) is 7.40. The van der Waals surface area contributed by atoms with Crippen molar-refractivity contribution in [2.24, 2.45) is 12.8 Å². The topological polar surface area (TPSA) is 118 Å². The standard InChI is InChI=1S/C25H30ClN7O2/c1-25(2,35)12-32-11-18-19(30-32)7-6-16(21(18)26)17-10-28-22-20(17)23(34)31(3)24(29-22)33-14-4-5-15(33)9-13(27)8-14/h6-7,10-11,13-15,28,35H,4-5,8-9,12,27H2,1-3H3/t13-,14+,15-. The van der Waals surface area contributed by atoms with Gasteiger partial charge < -0.3 is 20.7 Å². The largest absolute Gasteiger partial charge is 0.389 e. The van der Waals surface area contributed by atoms with Gasteiger partial charge >= 0.3 is 0 Å². The SMILES string of the molecule is Cn1c(N2[C@@H]3CC[C@H]2C[C@@H](N)C3)nc2[nH]cc(-c3ccc4nn(CC(C)(C)O)cc4c3Cl)c2c1=O. The van der Waals surface area contributed by atoms with E-state index in [0.717, 1.165) is 42.1 Å². The Bertz CT molecular complexity index is 1500. The van der Waals surface area contributed by atoms with Crippen LogP contribution in [0.25, 0.3) is 33.1 Å². The van der Waals surface area contributed by atoms with E-state index in [-0.39, 0.29) is 11.6 Å². The number of rotatable bonds is 4. The van der Waals surface area contributed by atoms with Gasteiger partial charge in [-0.3, -0.25) is 14.0 Å². The lowest BCUT2D eigenvalue weighted by molar-refractivity contribution is 0.0580. The zero-order chi connectivity index (χ0) is 24.6. The van der Waals surface area contributed by atoms with Crippen LogP contribution in [-0.4, -0.2) is 53.1 Å². The van der Waals surface area contributed by atoms with Crippen LogP contribution in [0.2, 0.25) is 5.02 Å². The van der Waals surface area contributed by atoms with Gasteiger partial charge in [-0.2, -0.15) is 10.1 Å². The van der Waals surface area contributed by atoms with E-state index in [1.165, 1.54) is 0 Å². The van der Waals surface area contributed by atoms with Crippen LogP contribution in [0, 0.1) is 0 Å². The zero-order valence-corrected chi connectivity index (χ0v) is 20.9. The predicted octanol–water partition coefficient (Wildman–Crippen LogP) is 3.16. The Morgan fingerprint density at radius 2 is 1.94 bits per heavy atom. The average Bonchev–Trinajstić information content (AvgIpc) is 3.44. The molecule has 0 spiro atoms. The highest BCUT2D eigenvalue weighted by Gasteiger charge is 2.41. The van der Waals surface area contributed by atoms with Crippen molar-refractivity contribution in [1.82, 2.24) is 24.3 Å². The molecule has 10 heteroatoms. The number of benzene rings is 1. The Morgan fingerprint density at radius 1 is 1.23 bits per heavy atom. The molecule has 5 heterocycles. The van der Waals surface area contributed by atoms with Crippen LogP contribution in [0.3, 0.4) is 0 Å². The molecule has 4 N–H and O–H groups in total. The van der Waals surface area contributed by atoms with Gasteiger partial charge in [0.25, 0.3) is 5.56 Å². The highest BCUT2D eigenvalue weighted by molar-refractivity contribution is 6.38. The van der Waals surface area contributed by atoms with Gasteiger partial charge in [0, 0.05) is 54.1 Å². The summed E-state index contributed by atoms with van der Waals surface area (Å²) in [5.41, 5.74) is 7.99. The molecule has 2 saturated heterocycles. The molecule has 2 aliphatic heterocycles. The molecule has 2 fully saturated rings.